The van der Waals surface area contributed by atoms with Gasteiger partial charge in [0, 0.05) is 23.0 Å². The van der Waals surface area contributed by atoms with E-state index in [0.29, 0.717) is 16.8 Å². The first-order valence-corrected chi connectivity index (χ1v) is 6.88. The zero-order chi connectivity index (χ0) is 15.0. The molecule has 106 valence electrons. The molecule has 0 bridgehead atoms. The molecule has 0 aliphatic heterocycles. The van der Waals surface area contributed by atoms with Gasteiger partial charge in [-0.2, -0.15) is 0 Å². The lowest BCUT2D eigenvalue weighted by Gasteiger charge is -2.10. The number of nitrogens with zero attached hydrogens (tertiary/aromatic N) is 3. The van der Waals surface area contributed by atoms with Crippen molar-refractivity contribution < 1.29 is 4.39 Å². The molecule has 0 aliphatic carbocycles. The van der Waals surface area contributed by atoms with Crippen LogP contribution in [0.3, 0.4) is 0 Å². The van der Waals surface area contributed by atoms with Gasteiger partial charge in [-0.1, -0.05) is 11.6 Å². The van der Waals surface area contributed by atoms with Gasteiger partial charge < -0.3 is 0 Å². The quantitative estimate of drug-likeness (QED) is 0.659. The summed E-state index contributed by atoms with van der Waals surface area (Å²) in [4.78, 5) is 8.83. The molecule has 0 radical (unpaired) electrons. The van der Waals surface area contributed by atoms with E-state index in [2.05, 4.69) is 9.97 Å². The summed E-state index contributed by atoms with van der Waals surface area (Å²) in [5.41, 5.74) is 3.52. The predicted octanol–water partition coefficient (Wildman–Crippen LogP) is 4.34. The molecule has 2 aromatic heterocycles. The van der Waals surface area contributed by atoms with Crippen LogP contribution >= 0.6 is 11.6 Å². The normalized spacial score (nSPS) is 10.9. The standard InChI is InChI=1S/C16H13ClFN3/c1-10-3-4-11(2)21(10)16-19-14(9-15(17)20-16)12-5-7-13(18)8-6-12/h3-9H,1-2H3. The van der Waals surface area contributed by atoms with Crippen LogP contribution in [-0.4, -0.2) is 14.5 Å². The smallest absolute Gasteiger partial charge is 0.236 e. The summed E-state index contributed by atoms with van der Waals surface area (Å²) in [6.07, 6.45) is 0. The molecule has 1 aromatic carbocycles. The molecular formula is C16H13ClFN3. The zero-order valence-electron chi connectivity index (χ0n) is 11.6. The molecule has 0 saturated heterocycles. The molecule has 0 amide bonds. The third-order valence-corrected chi connectivity index (χ3v) is 3.49. The molecular weight excluding hydrogens is 289 g/mol. The highest BCUT2D eigenvalue weighted by Crippen LogP contribution is 2.23. The third kappa shape index (κ3) is 2.67. The maximum absolute atomic E-state index is 13.0. The Hall–Kier alpha value is -2.20. The molecule has 5 heteroatoms. The van der Waals surface area contributed by atoms with Gasteiger partial charge in [0.2, 0.25) is 5.95 Å². The summed E-state index contributed by atoms with van der Waals surface area (Å²) < 4.78 is 15.0. The lowest BCUT2D eigenvalue weighted by molar-refractivity contribution is 0.628. The molecule has 0 N–H and O–H groups in total. The van der Waals surface area contributed by atoms with Crippen LogP contribution in [0, 0.1) is 19.7 Å². The number of benzene rings is 1. The van der Waals surface area contributed by atoms with Gasteiger partial charge in [-0.15, -0.1) is 0 Å². The largest absolute Gasteiger partial charge is 0.287 e. The monoisotopic (exact) mass is 301 g/mol. The van der Waals surface area contributed by atoms with Crippen molar-refractivity contribution >= 4 is 11.6 Å². The zero-order valence-corrected chi connectivity index (χ0v) is 12.4. The Morgan fingerprint density at radius 1 is 0.952 bits per heavy atom. The maximum atomic E-state index is 13.0. The van der Waals surface area contributed by atoms with Crippen molar-refractivity contribution in [2.24, 2.45) is 0 Å². The lowest BCUT2D eigenvalue weighted by Crippen LogP contribution is -2.05. The van der Waals surface area contributed by atoms with Crippen LogP contribution in [0.25, 0.3) is 17.2 Å². The minimum atomic E-state index is -0.281. The van der Waals surface area contributed by atoms with Crippen molar-refractivity contribution in [3.63, 3.8) is 0 Å². The molecule has 2 heterocycles. The number of hydrogen-bond acceptors (Lipinski definition) is 2. The van der Waals surface area contributed by atoms with E-state index < -0.39 is 0 Å². The third-order valence-electron chi connectivity index (χ3n) is 3.29. The van der Waals surface area contributed by atoms with Gasteiger partial charge in [-0.3, -0.25) is 4.57 Å². The molecule has 3 nitrogen and oxygen atoms in total. The van der Waals surface area contributed by atoms with Crippen molar-refractivity contribution in [1.82, 2.24) is 14.5 Å². The van der Waals surface area contributed by atoms with Gasteiger partial charge in [0.25, 0.3) is 0 Å². The number of hydrogen-bond donors (Lipinski definition) is 0. The lowest BCUT2D eigenvalue weighted by atomic mass is 10.1. The van der Waals surface area contributed by atoms with E-state index in [9.17, 15) is 4.39 Å². The first kappa shape index (κ1) is 13.8. The van der Waals surface area contributed by atoms with Gasteiger partial charge in [-0.05, 0) is 50.2 Å². The first-order valence-electron chi connectivity index (χ1n) is 6.50. The number of halogens is 2. The fourth-order valence-corrected chi connectivity index (χ4v) is 2.44. The molecule has 3 aromatic rings. The van der Waals surface area contributed by atoms with Crippen molar-refractivity contribution in [1.29, 1.82) is 0 Å². The van der Waals surface area contributed by atoms with Crippen molar-refractivity contribution in [2.75, 3.05) is 0 Å². The first-order chi connectivity index (χ1) is 10.0. The van der Waals surface area contributed by atoms with Crippen LogP contribution in [0.1, 0.15) is 11.4 Å². The Labute approximate surface area is 127 Å². The summed E-state index contributed by atoms with van der Waals surface area (Å²) in [7, 11) is 0. The van der Waals surface area contributed by atoms with Crippen molar-refractivity contribution in [3.05, 3.63) is 64.8 Å². The van der Waals surface area contributed by atoms with Crippen LogP contribution in [0.15, 0.2) is 42.5 Å². The van der Waals surface area contributed by atoms with Crippen LogP contribution in [-0.2, 0) is 0 Å². The fourth-order valence-electron chi connectivity index (χ4n) is 2.26. The second-order valence-electron chi connectivity index (χ2n) is 4.83. The Morgan fingerprint density at radius 2 is 1.57 bits per heavy atom. The number of aryl methyl sites for hydroxylation is 2. The van der Waals surface area contributed by atoms with Gasteiger partial charge in [-0.25, -0.2) is 14.4 Å². The Bertz CT molecular complexity index is 774. The average molecular weight is 302 g/mol. The van der Waals surface area contributed by atoms with E-state index in [1.165, 1.54) is 12.1 Å². The van der Waals surface area contributed by atoms with Gasteiger partial charge >= 0.3 is 0 Å². The van der Waals surface area contributed by atoms with Crippen LogP contribution in [0.5, 0.6) is 0 Å². The van der Waals surface area contributed by atoms with Crippen LogP contribution in [0.4, 0.5) is 4.39 Å². The number of aromatic nitrogens is 3. The SMILES string of the molecule is Cc1ccc(C)n1-c1nc(Cl)cc(-c2ccc(F)cc2)n1. The number of rotatable bonds is 2. The summed E-state index contributed by atoms with van der Waals surface area (Å²) in [6.45, 7) is 3.96. The van der Waals surface area contributed by atoms with Crippen LogP contribution < -0.4 is 0 Å². The second kappa shape index (κ2) is 5.30. The van der Waals surface area contributed by atoms with Gasteiger partial charge in [0.15, 0.2) is 0 Å². The molecule has 3 rings (SSSR count). The Balaban J connectivity index is 2.15. The van der Waals surface area contributed by atoms with Gasteiger partial charge in [0.1, 0.15) is 11.0 Å². The van der Waals surface area contributed by atoms with E-state index in [4.69, 9.17) is 11.6 Å². The molecule has 0 aliphatic rings. The minimum absolute atomic E-state index is 0.281. The Kier molecular flexibility index (Phi) is 3.47. The summed E-state index contributed by atoms with van der Waals surface area (Å²) in [6, 6.07) is 11.8. The average Bonchev–Trinajstić information content (AvgIpc) is 2.78. The highest BCUT2D eigenvalue weighted by atomic mass is 35.5. The summed E-state index contributed by atoms with van der Waals surface area (Å²) in [5.74, 6) is 0.234. The predicted molar refractivity (Wildman–Crippen MR) is 81.2 cm³/mol. The van der Waals surface area contributed by atoms with E-state index in [1.54, 1.807) is 18.2 Å². The molecule has 0 saturated carbocycles. The highest BCUT2D eigenvalue weighted by molar-refractivity contribution is 6.29. The Morgan fingerprint density at radius 3 is 2.19 bits per heavy atom. The van der Waals surface area contributed by atoms with Crippen LogP contribution in [0.2, 0.25) is 5.15 Å². The molecule has 0 fully saturated rings. The van der Waals surface area contributed by atoms with Gasteiger partial charge in [0.05, 0.1) is 5.69 Å². The molecule has 0 atom stereocenters. The van der Waals surface area contributed by atoms with Crippen molar-refractivity contribution in [3.8, 4) is 17.2 Å². The minimum Gasteiger partial charge on any atom is -0.287 e. The molecule has 0 unspecified atom stereocenters. The summed E-state index contributed by atoms with van der Waals surface area (Å²) >= 11 is 6.11. The fraction of sp³-hybridized carbons (Fsp3) is 0.125. The van der Waals surface area contributed by atoms with E-state index in [-0.39, 0.29) is 5.82 Å². The van der Waals surface area contributed by atoms with E-state index in [1.807, 2.05) is 30.5 Å². The van der Waals surface area contributed by atoms with E-state index in [0.717, 1.165) is 17.0 Å². The summed E-state index contributed by atoms with van der Waals surface area (Å²) in [5, 5.41) is 0.354. The molecule has 0 spiro atoms. The highest BCUT2D eigenvalue weighted by Gasteiger charge is 2.10. The molecule has 21 heavy (non-hydrogen) atoms. The van der Waals surface area contributed by atoms with E-state index >= 15 is 0 Å². The van der Waals surface area contributed by atoms with Crippen molar-refractivity contribution in [2.45, 2.75) is 13.8 Å². The maximum Gasteiger partial charge on any atom is 0.236 e. The second-order valence-corrected chi connectivity index (χ2v) is 5.22. The topological polar surface area (TPSA) is 30.7 Å².